The molecule has 0 saturated heterocycles. The number of aromatic nitrogens is 4. The van der Waals surface area contributed by atoms with Gasteiger partial charge in [-0.05, 0) is 0 Å². The van der Waals surface area contributed by atoms with E-state index in [9.17, 15) is 9.59 Å². The van der Waals surface area contributed by atoms with Crippen LogP contribution in [0.5, 0.6) is 0 Å². The second-order valence-corrected chi connectivity index (χ2v) is 3.46. The van der Waals surface area contributed by atoms with Crippen molar-refractivity contribution in [2.45, 2.75) is 6.54 Å². The number of pyridine rings is 1. The number of nitrogens with zero attached hydrogens (tertiary/aromatic N) is 3. The molecule has 2 aromatic heterocycles. The van der Waals surface area contributed by atoms with E-state index in [1.165, 1.54) is 24.8 Å². The quantitative estimate of drug-likeness (QED) is 0.742. The molecule has 2 rings (SSSR count). The summed E-state index contributed by atoms with van der Waals surface area (Å²) in [6.07, 6.45) is 4.38. The van der Waals surface area contributed by atoms with Gasteiger partial charge < -0.3 is 14.9 Å². The Morgan fingerprint density at radius 1 is 1.59 bits per heavy atom. The maximum atomic E-state index is 11.7. The van der Waals surface area contributed by atoms with Crippen molar-refractivity contribution in [3.8, 4) is 0 Å². The first-order chi connectivity index (χ1) is 8.18. The van der Waals surface area contributed by atoms with Gasteiger partial charge in [0.2, 0.25) is 0 Å². The van der Waals surface area contributed by atoms with E-state index >= 15 is 0 Å². The summed E-state index contributed by atoms with van der Waals surface area (Å²) in [5.41, 5.74) is -0.242. The van der Waals surface area contributed by atoms with E-state index in [1.54, 1.807) is 11.6 Å². The van der Waals surface area contributed by atoms with Crippen LogP contribution in [-0.2, 0) is 13.6 Å². The van der Waals surface area contributed by atoms with Crippen LogP contribution in [0.1, 0.15) is 16.2 Å². The smallest absolute Gasteiger partial charge is 0.257 e. The van der Waals surface area contributed by atoms with Crippen molar-refractivity contribution in [2.24, 2.45) is 7.05 Å². The number of aromatic amines is 1. The standard InChI is InChI=1S/C10H11N5O2/c1-15-6-13-14-9(15)5-12-10(17)7-4-11-3-2-8(7)16/h2-4,6H,5H2,1H3,(H,11,16)(H,12,17). The van der Waals surface area contributed by atoms with Gasteiger partial charge in [0.25, 0.3) is 5.91 Å². The highest BCUT2D eigenvalue weighted by Gasteiger charge is 2.10. The Kier molecular flexibility index (Phi) is 2.99. The zero-order valence-corrected chi connectivity index (χ0v) is 9.17. The molecule has 0 aromatic carbocycles. The van der Waals surface area contributed by atoms with Crippen LogP contribution in [0.15, 0.2) is 29.6 Å². The van der Waals surface area contributed by atoms with E-state index in [-0.39, 0.29) is 17.5 Å². The molecule has 0 aliphatic heterocycles. The van der Waals surface area contributed by atoms with Crippen LogP contribution in [0.4, 0.5) is 0 Å². The van der Waals surface area contributed by atoms with Gasteiger partial charge in [0.15, 0.2) is 11.3 Å². The predicted molar refractivity (Wildman–Crippen MR) is 59.2 cm³/mol. The monoisotopic (exact) mass is 233 g/mol. The van der Waals surface area contributed by atoms with Crippen molar-refractivity contribution in [3.05, 3.63) is 46.4 Å². The van der Waals surface area contributed by atoms with Crippen LogP contribution in [0, 0.1) is 0 Å². The Labute approximate surface area is 96.5 Å². The fraction of sp³-hybridized carbons (Fsp3) is 0.200. The lowest BCUT2D eigenvalue weighted by molar-refractivity contribution is 0.0948. The highest BCUT2D eigenvalue weighted by Crippen LogP contribution is 1.93. The molecular weight excluding hydrogens is 222 g/mol. The first-order valence-electron chi connectivity index (χ1n) is 4.96. The number of rotatable bonds is 3. The molecule has 17 heavy (non-hydrogen) atoms. The molecule has 0 atom stereocenters. The number of H-pyrrole nitrogens is 1. The summed E-state index contributed by atoms with van der Waals surface area (Å²) < 4.78 is 1.69. The normalized spacial score (nSPS) is 10.2. The minimum atomic E-state index is -0.435. The maximum Gasteiger partial charge on any atom is 0.257 e. The van der Waals surface area contributed by atoms with Gasteiger partial charge in [-0.25, -0.2) is 0 Å². The number of hydrogen-bond acceptors (Lipinski definition) is 4. The molecule has 0 aliphatic carbocycles. The second-order valence-electron chi connectivity index (χ2n) is 3.46. The largest absolute Gasteiger partial charge is 0.367 e. The molecule has 1 amide bonds. The average molecular weight is 233 g/mol. The Balaban J connectivity index is 2.06. The van der Waals surface area contributed by atoms with Gasteiger partial charge in [-0.2, -0.15) is 0 Å². The zero-order valence-electron chi connectivity index (χ0n) is 9.17. The fourth-order valence-corrected chi connectivity index (χ4v) is 1.32. The second kappa shape index (κ2) is 4.60. The first-order valence-corrected chi connectivity index (χ1v) is 4.96. The van der Waals surface area contributed by atoms with E-state index in [4.69, 9.17) is 0 Å². The highest BCUT2D eigenvalue weighted by atomic mass is 16.2. The number of carbonyl (C=O) groups is 1. The lowest BCUT2D eigenvalue weighted by atomic mass is 10.2. The molecule has 2 N–H and O–H groups in total. The SMILES string of the molecule is Cn1cnnc1CNC(=O)c1c[nH]ccc1=O. The van der Waals surface area contributed by atoms with Crippen molar-refractivity contribution in [1.29, 1.82) is 0 Å². The third-order valence-corrected chi connectivity index (χ3v) is 2.28. The van der Waals surface area contributed by atoms with Crippen LogP contribution in [0.2, 0.25) is 0 Å². The van der Waals surface area contributed by atoms with E-state index in [2.05, 4.69) is 20.5 Å². The molecule has 7 heteroatoms. The fourth-order valence-electron chi connectivity index (χ4n) is 1.32. The molecule has 2 aromatic rings. The third kappa shape index (κ3) is 2.39. The number of aryl methyl sites for hydroxylation is 1. The molecular formula is C10H11N5O2. The maximum absolute atomic E-state index is 11.7. The molecule has 0 aliphatic rings. The van der Waals surface area contributed by atoms with Gasteiger partial charge >= 0.3 is 0 Å². The van der Waals surface area contributed by atoms with Gasteiger partial charge in [0.1, 0.15) is 11.9 Å². The lowest BCUT2D eigenvalue weighted by Gasteiger charge is -2.03. The molecule has 0 spiro atoms. The van der Waals surface area contributed by atoms with Crippen LogP contribution < -0.4 is 10.7 Å². The van der Waals surface area contributed by atoms with Crippen molar-refractivity contribution in [2.75, 3.05) is 0 Å². The van der Waals surface area contributed by atoms with Gasteiger partial charge in [-0.1, -0.05) is 0 Å². The summed E-state index contributed by atoms with van der Waals surface area (Å²) in [5, 5.41) is 10.1. The van der Waals surface area contributed by atoms with Crippen LogP contribution in [-0.4, -0.2) is 25.7 Å². The Hall–Kier alpha value is -2.44. The number of carbonyl (C=O) groups excluding carboxylic acids is 1. The lowest BCUT2D eigenvalue weighted by Crippen LogP contribution is -2.28. The third-order valence-electron chi connectivity index (χ3n) is 2.28. The number of nitrogens with one attached hydrogen (secondary N) is 2. The summed E-state index contributed by atoms with van der Waals surface area (Å²) >= 11 is 0. The molecule has 88 valence electrons. The minimum Gasteiger partial charge on any atom is -0.367 e. The highest BCUT2D eigenvalue weighted by molar-refractivity contribution is 5.93. The first kappa shape index (κ1) is 11.1. The van der Waals surface area contributed by atoms with Gasteiger partial charge in [-0.3, -0.25) is 9.59 Å². The van der Waals surface area contributed by atoms with Gasteiger partial charge in [0, 0.05) is 25.5 Å². The van der Waals surface area contributed by atoms with Crippen molar-refractivity contribution >= 4 is 5.91 Å². The van der Waals surface area contributed by atoms with E-state index in [0.29, 0.717) is 5.82 Å². The molecule has 2 heterocycles. The average Bonchev–Trinajstić information content (AvgIpc) is 2.72. The number of hydrogen-bond donors (Lipinski definition) is 2. The summed E-state index contributed by atoms with van der Waals surface area (Å²) in [7, 11) is 1.77. The molecule has 0 bridgehead atoms. The van der Waals surface area contributed by atoms with Crippen LogP contribution in [0.25, 0.3) is 0 Å². The summed E-state index contributed by atoms with van der Waals surface area (Å²) in [6.45, 7) is 0.226. The van der Waals surface area contributed by atoms with Crippen molar-refractivity contribution in [3.63, 3.8) is 0 Å². The Morgan fingerprint density at radius 3 is 3.06 bits per heavy atom. The zero-order chi connectivity index (χ0) is 12.3. The van der Waals surface area contributed by atoms with E-state index < -0.39 is 5.91 Å². The molecule has 0 radical (unpaired) electrons. The molecule has 7 nitrogen and oxygen atoms in total. The topological polar surface area (TPSA) is 92.7 Å². The van der Waals surface area contributed by atoms with Crippen molar-refractivity contribution < 1.29 is 4.79 Å². The molecule has 0 saturated carbocycles. The summed E-state index contributed by atoms with van der Waals surface area (Å²) in [5.74, 6) is 0.181. The van der Waals surface area contributed by atoms with Gasteiger partial charge in [0.05, 0.1) is 6.54 Å². The van der Waals surface area contributed by atoms with E-state index in [0.717, 1.165) is 0 Å². The van der Waals surface area contributed by atoms with Crippen molar-refractivity contribution in [1.82, 2.24) is 25.1 Å². The predicted octanol–water partition coefficient (Wildman–Crippen LogP) is -0.567. The van der Waals surface area contributed by atoms with Gasteiger partial charge in [-0.15, -0.1) is 10.2 Å². The molecule has 0 unspecified atom stereocenters. The van der Waals surface area contributed by atoms with E-state index in [1.807, 2.05) is 0 Å². The van der Waals surface area contributed by atoms with Crippen LogP contribution >= 0.6 is 0 Å². The summed E-state index contributed by atoms with van der Waals surface area (Å²) in [4.78, 5) is 25.8. The Bertz CT molecular complexity index is 586. The molecule has 0 fully saturated rings. The number of amides is 1. The minimum absolute atomic E-state index is 0.0784. The Morgan fingerprint density at radius 2 is 2.41 bits per heavy atom. The summed E-state index contributed by atoms with van der Waals surface area (Å²) in [6, 6.07) is 1.30. The van der Waals surface area contributed by atoms with Crippen LogP contribution in [0.3, 0.4) is 0 Å².